The number of benzene rings is 3. The summed E-state index contributed by atoms with van der Waals surface area (Å²) in [7, 11) is 1.35. The van der Waals surface area contributed by atoms with Crippen molar-refractivity contribution in [2.24, 2.45) is 0 Å². The third-order valence-electron chi connectivity index (χ3n) is 6.44. The van der Waals surface area contributed by atoms with Crippen LogP contribution in [-0.2, 0) is 16.0 Å². The standard InChI is InChI=1S/C28H25ClN2O4/c1-3-35-20-14-10-17(11-15-20)26-25-22(21-6-4-5-7-23(21)30-25)16-24(28(33)34-2)31(26)27(32)18-8-12-19(29)13-9-18/h4-15,24,26,30H,3,16H2,1-2H3. The van der Waals surface area contributed by atoms with Crippen LogP contribution in [0.5, 0.6) is 5.75 Å². The van der Waals surface area contributed by atoms with Gasteiger partial charge in [0.1, 0.15) is 11.8 Å². The summed E-state index contributed by atoms with van der Waals surface area (Å²) in [4.78, 5) is 32.2. The molecule has 0 spiro atoms. The minimum Gasteiger partial charge on any atom is -0.494 e. The van der Waals surface area contributed by atoms with Crippen LogP contribution in [0.3, 0.4) is 0 Å². The molecule has 0 saturated carbocycles. The van der Waals surface area contributed by atoms with Crippen LogP contribution in [0, 0.1) is 0 Å². The Morgan fingerprint density at radius 2 is 1.74 bits per heavy atom. The third-order valence-corrected chi connectivity index (χ3v) is 6.69. The second-order valence-corrected chi connectivity index (χ2v) is 8.87. The maximum Gasteiger partial charge on any atom is 0.328 e. The zero-order chi connectivity index (χ0) is 24.5. The number of fused-ring (bicyclic) bond motifs is 3. The monoisotopic (exact) mass is 488 g/mol. The average Bonchev–Trinajstić information content (AvgIpc) is 3.26. The van der Waals surface area contributed by atoms with Crippen molar-refractivity contribution >= 4 is 34.4 Å². The summed E-state index contributed by atoms with van der Waals surface area (Å²) in [6, 6.07) is 21.0. The number of halogens is 1. The molecule has 35 heavy (non-hydrogen) atoms. The van der Waals surface area contributed by atoms with Gasteiger partial charge in [-0.3, -0.25) is 4.79 Å². The molecular weight excluding hydrogens is 464 g/mol. The number of aromatic nitrogens is 1. The Morgan fingerprint density at radius 1 is 1.03 bits per heavy atom. The molecule has 0 radical (unpaired) electrons. The first-order valence-corrected chi connectivity index (χ1v) is 11.9. The summed E-state index contributed by atoms with van der Waals surface area (Å²) in [6.07, 6.45) is 0.346. The highest BCUT2D eigenvalue weighted by Gasteiger charge is 2.44. The van der Waals surface area contributed by atoms with Crippen molar-refractivity contribution in [1.29, 1.82) is 0 Å². The Balaban J connectivity index is 1.71. The van der Waals surface area contributed by atoms with Gasteiger partial charge >= 0.3 is 5.97 Å². The Kier molecular flexibility index (Phi) is 6.22. The van der Waals surface area contributed by atoms with Gasteiger partial charge in [0.2, 0.25) is 0 Å². The molecule has 2 heterocycles. The van der Waals surface area contributed by atoms with Gasteiger partial charge in [-0.05, 0) is 60.5 Å². The van der Waals surface area contributed by atoms with Crippen LogP contribution in [0.2, 0.25) is 5.02 Å². The minimum atomic E-state index is -0.800. The predicted octanol–water partition coefficient (Wildman–Crippen LogP) is 5.55. The van der Waals surface area contributed by atoms with Crippen LogP contribution in [-0.4, -0.2) is 41.5 Å². The molecule has 178 valence electrons. The van der Waals surface area contributed by atoms with Crippen molar-refractivity contribution in [2.45, 2.75) is 25.4 Å². The molecule has 5 rings (SSSR count). The minimum absolute atomic E-state index is 0.278. The van der Waals surface area contributed by atoms with Gasteiger partial charge in [0.15, 0.2) is 0 Å². The number of hydrogen-bond acceptors (Lipinski definition) is 4. The number of rotatable bonds is 5. The number of amides is 1. The SMILES string of the molecule is CCOc1ccc(C2c3[nH]c4ccccc4c3CC(C(=O)OC)N2C(=O)c2ccc(Cl)cc2)cc1. The van der Waals surface area contributed by atoms with Crippen molar-refractivity contribution in [1.82, 2.24) is 9.88 Å². The van der Waals surface area contributed by atoms with E-state index in [9.17, 15) is 9.59 Å². The summed E-state index contributed by atoms with van der Waals surface area (Å²) in [5.74, 6) is 0.00321. The van der Waals surface area contributed by atoms with Crippen LogP contribution in [0.15, 0.2) is 72.8 Å². The Hall–Kier alpha value is -3.77. The lowest BCUT2D eigenvalue weighted by atomic mass is 9.87. The van der Waals surface area contributed by atoms with Gasteiger partial charge in [-0.1, -0.05) is 41.9 Å². The van der Waals surface area contributed by atoms with E-state index >= 15 is 0 Å². The zero-order valence-corrected chi connectivity index (χ0v) is 20.2. The van der Waals surface area contributed by atoms with Gasteiger partial charge in [0.25, 0.3) is 5.91 Å². The van der Waals surface area contributed by atoms with Crippen LogP contribution in [0.4, 0.5) is 0 Å². The Labute approximate surface area is 208 Å². The third kappa shape index (κ3) is 4.15. The molecule has 2 unspecified atom stereocenters. The van der Waals surface area contributed by atoms with E-state index in [2.05, 4.69) is 4.98 Å². The molecule has 0 aliphatic carbocycles. The van der Waals surface area contributed by atoms with Crippen LogP contribution < -0.4 is 4.74 Å². The largest absolute Gasteiger partial charge is 0.494 e. The molecule has 1 aliphatic rings. The fourth-order valence-electron chi connectivity index (χ4n) is 4.86. The summed E-state index contributed by atoms with van der Waals surface area (Å²) >= 11 is 6.06. The molecule has 1 amide bonds. The highest BCUT2D eigenvalue weighted by atomic mass is 35.5. The number of para-hydroxylation sites is 1. The lowest BCUT2D eigenvalue weighted by Crippen LogP contribution is -2.52. The topological polar surface area (TPSA) is 71.6 Å². The molecule has 6 nitrogen and oxygen atoms in total. The first-order chi connectivity index (χ1) is 17.0. The van der Waals surface area contributed by atoms with E-state index < -0.39 is 18.1 Å². The second kappa shape index (κ2) is 9.47. The molecule has 0 fully saturated rings. The molecule has 3 aromatic carbocycles. The highest BCUT2D eigenvalue weighted by Crippen LogP contribution is 2.42. The Bertz CT molecular complexity index is 1380. The van der Waals surface area contributed by atoms with E-state index in [1.165, 1.54) is 7.11 Å². The summed E-state index contributed by atoms with van der Waals surface area (Å²) in [5.41, 5.74) is 4.15. The maximum atomic E-state index is 14.0. The van der Waals surface area contributed by atoms with E-state index in [0.717, 1.165) is 33.5 Å². The fraction of sp³-hybridized carbons (Fsp3) is 0.214. The molecule has 0 bridgehead atoms. The highest BCUT2D eigenvalue weighted by molar-refractivity contribution is 6.30. The summed E-state index contributed by atoms with van der Waals surface area (Å²) < 4.78 is 10.8. The number of esters is 1. The molecule has 4 aromatic rings. The normalized spacial score (nSPS) is 17.2. The second-order valence-electron chi connectivity index (χ2n) is 8.43. The molecule has 2 atom stereocenters. The number of methoxy groups -OCH3 is 1. The molecule has 0 saturated heterocycles. The van der Waals surface area contributed by atoms with Gasteiger partial charge < -0.3 is 19.4 Å². The average molecular weight is 489 g/mol. The van der Waals surface area contributed by atoms with E-state index in [1.807, 2.05) is 55.5 Å². The number of nitrogens with one attached hydrogen (secondary N) is 1. The van der Waals surface area contributed by atoms with Gasteiger partial charge in [0.05, 0.1) is 19.8 Å². The fourth-order valence-corrected chi connectivity index (χ4v) is 4.98. The molecule has 1 N–H and O–H groups in total. The number of nitrogens with zero attached hydrogens (tertiary/aromatic N) is 1. The maximum absolute atomic E-state index is 14.0. The van der Waals surface area contributed by atoms with Gasteiger partial charge in [-0.2, -0.15) is 0 Å². The molecule has 7 heteroatoms. The number of aromatic amines is 1. The first-order valence-electron chi connectivity index (χ1n) is 11.5. The van der Waals surface area contributed by atoms with Crippen LogP contribution in [0.1, 0.15) is 40.1 Å². The van der Waals surface area contributed by atoms with Gasteiger partial charge in [0, 0.05) is 33.6 Å². The van der Waals surface area contributed by atoms with E-state index in [-0.39, 0.29) is 5.91 Å². The van der Waals surface area contributed by atoms with Crippen molar-refractivity contribution in [3.63, 3.8) is 0 Å². The zero-order valence-electron chi connectivity index (χ0n) is 19.5. The van der Waals surface area contributed by atoms with Crippen molar-refractivity contribution in [3.05, 3.63) is 100 Å². The van der Waals surface area contributed by atoms with E-state index in [4.69, 9.17) is 21.1 Å². The first kappa shape index (κ1) is 23.0. The number of ether oxygens (including phenoxy) is 2. The predicted molar refractivity (Wildman–Crippen MR) is 135 cm³/mol. The van der Waals surface area contributed by atoms with Crippen molar-refractivity contribution in [3.8, 4) is 5.75 Å². The lowest BCUT2D eigenvalue weighted by Gasteiger charge is -2.41. The van der Waals surface area contributed by atoms with E-state index in [0.29, 0.717) is 23.6 Å². The molecule has 1 aromatic heterocycles. The number of carbonyl (C=O) groups excluding carboxylic acids is 2. The lowest BCUT2D eigenvalue weighted by molar-refractivity contribution is -0.147. The van der Waals surface area contributed by atoms with Crippen molar-refractivity contribution < 1.29 is 19.1 Å². The van der Waals surface area contributed by atoms with Gasteiger partial charge in [-0.25, -0.2) is 4.79 Å². The molecule has 1 aliphatic heterocycles. The van der Waals surface area contributed by atoms with Crippen LogP contribution in [0.25, 0.3) is 10.9 Å². The Morgan fingerprint density at radius 3 is 2.43 bits per heavy atom. The summed E-state index contributed by atoms with van der Waals surface area (Å²) in [6.45, 7) is 2.49. The van der Waals surface area contributed by atoms with Gasteiger partial charge in [-0.15, -0.1) is 0 Å². The van der Waals surface area contributed by atoms with Crippen molar-refractivity contribution in [2.75, 3.05) is 13.7 Å². The summed E-state index contributed by atoms with van der Waals surface area (Å²) in [5, 5.41) is 1.57. The number of carbonyl (C=O) groups is 2. The quantitative estimate of drug-likeness (QED) is 0.374. The number of hydrogen-bond donors (Lipinski definition) is 1. The molecular formula is C28H25ClN2O4. The number of H-pyrrole nitrogens is 1. The van der Waals surface area contributed by atoms with Crippen LogP contribution >= 0.6 is 11.6 Å². The van der Waals surface area contributed by atoms with E-state index in [1.54, 1.807) is 29.2 Å². The smallest absolute Gasteiger partial charge is 0.328 e.